The van der Waals surface area contributed by atoms with Gasteiger partial charge in [0.1, 0.15) is 5.75 Å². The number of nitrogens with zero attached hydrogens (tertiary/aromatic N) is 1. The van der Waals surface area contributed by atoms with E-state index in [0.29, 0.717) is 4.47 Å². The van der Waals surface area contributed by atoms with Gasteiger partial charge in [0.15, 0.2) is 0 Å². The Hall–Kier alpha value is -1.77. The van der Waals surface area contributed by atoms with Crippen molar-refractivity contribution in [2.75, 3.05) is 11.4 Å². The van der Waals surface area contributed by atoms with Crippen LogP contribution in [0.5, 0.6) is 5.75 Å². The molecule has 1 aliphatic heterocycles. The number of carbonyl (C=O) groups excluding carboxylic acids is 1. The molecule has 1 aromatic carbocycles. The molecule has 1 unspecified atom stereocenters. The molecule has 1 fully saturated rings. The highest BCUT2D eigenvalue weighted by atomic mass is 79.9. The number of ether oxygens (including phenoxy) is 1. The molecule has 0 saturated carbocycles. The highest BCUT2D eigenvalue weighted by Crippen LogP contribution is 2.36. The standard InChI is InChI=1S/C12H9BrF3NO4/c13-8-2-1-7(21-12(14,15)16)4-9(8)17-5-6(11(19)20)3-10(17)18/h1-2,4,6H,3,5H2,(H,19,20). The third-order valence-corrected chi connectivity index (χ3v) is 3.59. The van der Waals surface area contributed by atoms with Gasteiger partial charge in [-0.2, -0.15) is 0 Å². The zero-order chi connectivity index (χ0) is 15.8. The van der Waals surface area contributed by atoms with Crippen molar-refractivity contribution < 1.29 is 32.6 Å². The largest absolute Gasteiger partial charge is 0.573 e. The van der Waals surface area contributed by atoms with Gasteiger partial charge in [0.2, 0.25) is 5.91 Å². The Morgan fingerprint density at radius 3 is 2.62 bits per heavy atom. The molecule has 2 rings (SSSR count). The number of carboxylic acids is 1. The van der Waals surface area contributed by atoms with Gasteiger partial charge in [-0.3, -0.25) is 9.59 Å². The summed E-state index contributed by atoms with van der Waals surface area (Å²) in [7, 11) is 0. The number of anilines is 1. The molecule has 1 heterocycles. The Balaban J connectivity index is 2.29. The number of hydrogen-bond donors (Lipinski definition) is 1. The molecule has 21 heavy (non-hydrogen) atoms. The van der Waals surface area contributed by atoms with Crippen molar-refractivity contribution in [1.29, 1.82) is 0 Å². The first kappa shape index (κ1) is 15.6. The first-order chi connectivity index (χ1) is 9.67. The molecule has 114 valence electrons. The predicted octanol–water partition coefficient (Wildman–Crippen LogP) is 2.79. The second-order valence-electron chi connectivity index (χ2n) is 4.40. The van der Waals surface area contributed by atoms with E-state index in [1.807, 2.05) is 0 Å². The summed E-state index contributed by atoms with van der Waals surface area (Å²) in [5.74, 6) is -2.94. The molecule has 9 heteroatoms. The molecular weight excluding hydrogens is 359 g/mol. The zero-order valence-electron chi connectivity index (χ0n) is 10.4. The fourth-order valence-corrected chi connectivity index (χ4v) is 2.46. The maximum Gasteiger partial charge on any atom is 0.573 e. The van der Waals surface area contributed by atoms with Gasteiger partial charge in [0, 0.05) is 23.5 Å². The van der Waals surface area contributed by atoms with Crippen molar-refractivity contribution in [3.05, 3.63) is 22.7 Å². The third-order valence-electron chi connectivity index (χ3n) is 2.92. The van der Waals surface area contributed by atoms with E-state index in [1.165, 1.54) is 6.07 Å². The monoisotopic (exact) mass is 367 g/mol. The smallest absolute Gasteiger partial charge is 0.481 e. The Morgan fingerprint density at radius 1 is 1.43 bits per heavy atom. The van der Waals surface area contributed by atoms with Crippen LogP contribution >= 0.6 is 15.9 Å². The number of rotatable bonds is 3. The number of alkyl halides is 3. The predicted molar refractivity (Wildman–Crippen MR) is 68.9 cm³/mol. The van der Waals surface area contributed by atoms with E-state index < -0.39 is 29.9 Å². The van der Waals surface area contributed by atoms with Gasteiger partial charge in [-0.15, -0.1) is 13.2 Å². The highest BCUT2D eigenvalue weighted by molar-refractivity contribution is 9.10. The lowest BCUT2D eigenvalue weighted by atomic mass is 10.1. The van der Waals surface area contributed by atoms with Crippen LogP contribution in [0.2, 0.25) is 0 Å². The first-order valence-corrected chi connectivity index (χ1v) is 6.55. The molecule has 1 amide bonds. The van der Waals surface area contributed by atoms with Crippen molar-refractivity contribution in [1.82, 2.24) is 0 Å². The maximum absolute atomic E-state index is 12.2. The summed E-state index contributed by atoms with van der Waals surface area (Å²) in [6, 6.07) is 3.44. The van der Waals surface area contributed by atoms with Gasteiger partial charge in [-0.25, -0.2) is 0 Å². The van der Waals surface area contributed by atoms with Gasteiger partial charge < -0.3 is 14.7 Å². The summed E-state index contributed by atoms with van der Waals surface area (Å²) in [5.41, 5.74) is 0.144. The SMILES string of the molecule is O=C(O)C1CC(=O)N(c2cc(OC(F)(F)F)ccc2Br)C1. The second kappa shape index (κ2) is 5.55. The minimum atomic E-state index is -4.84. The Bertz CT molecular complexity index is 590. The number of carboxylic acid groups (broad SMARTS) is 1. The van der Waals surface area contributed by atoms with E-state index in [4.69, 9.17) is 5.11 Å². The van der Waals surface area contributed by atoms with E-state index in [2.05, 4.69) is 20.7 Å². The topological polar surface area (TPSA) is 66.8 Å². The van der Waals surface area contributed by atoms with E-state index in [1.54, 1.807) is 0 Å². The van der Waals surface area contributed by atoms with Crippen LogP contribution < -0.4 is 9.64 Å². The van der Waals surface area contributed by atoms with Crippen molar-refractivity contribution in [2.45, 2.75) is 12.8 Å². The fraction of sp³-hybridized carbons (Fsp3) is 0.333. The quantitative estimate of drug-likeness (QED) is 0.891. The van der Waals surface area contributed by atoms with Crippen LogP contribution in [0.15, 0.2) is 22.7 Å². The van der Waals surface area contributed by atoms with Crippen molar-refractivity contribution in [3.63, 3.8) is 0 Å². The Kier molecular flexibility index (Phi) is 4.13. The minimum Gasteiger partial charge on any atom is -0.481 e. The van der Waals surface area contributed by atoms with Gasteiger partial charge in [-0.05, 0) is 28.1 Å². The molecule has 1 atom stereocenters. The van der Waals surface area contributed by atoms with E-state index >= 15 is 0 Å². The molecule has 1 saturated heterocycles. The molecule has 1 aromatic rings. The summed E-state index contributed by atoms with van der Waals surface area (Å²) < 4.78 is 40.8. The summed E-state index contributed by atoms with van der Waals surface area (Å²) in [6.07, 6.45) is -5.03. The van der Waals surface area contributed by atoms with Gasteiger partial charge in [-0.1, -0.05) is 0 Å². The summed E-state index contributed by atoms with van der Waals surface area (Å²) in [6.45, 7) is -0.0950. The number of hydrogen-bond acceptors (Lipinski definition) is 3. The van der Waals surface area contributed by atoms with Crippen LogP contribution in [-0.2, 0) is 9.59 Å². The molecule has 5 nitrogen and oxygen atoms in total. The van der Waals surface area contributed by atoms with Gasteiger partial charge in [0.05, 0.1) is 11.6 Å². The number of halogens is 4. The van der Waals surface area contributed by atoms with Crippen molar-refractivity contribution in [2.24, 2.45) is 5.92 Å². The third kappa shape index (κ3) is 3.66. The fourth-order valence-electron chi connectivity index (χ4n) is 2.00. The Labute approximate surface area is 125 Å². The number of benzene rings is 1. The molecule has 0 aliphatic carbocycles. The summed E-state index contributed by atoms with van der Waals surface area (Å²) in [4.78, 5) is 23.8. The lowest BCUT2D eigenvalue weighted by molar-refractivity contribution is -0.274. The average molecular weight is 368 g/mol. The van der Waals surface area contributed by atoms with Crippen LogP contribution in [0.3, 0.4) is 0 Å². The van der Waals surface area contributed by atoms with E-state index in [-0.39, 0.29) is 18.7 Å². The minimum absolute atomic E-state index is 0.0950. The molecule has 0 aromatic heterocycles. The lowest BCUT2D eigenvalue weighted by Crippen LogP contribution is -2.26. The maximum atomic E-state index is 12.2. The number of aliphatic carboxylic acids is 1. The lowest BCUT2D eigenvalue weighted by Gasteiger charge is -2.19. The van der Waals surface area contributed by atoms with Crippen LogP contribution in [0.25, 0.3) is 0 Å². The average Bonchev–Trinajstić information content (AvgIpc) is 2.72. The molecule has 0 bridgehead atoms. The van der Waals surface area contributed by atoms with Gasteiger partial charge in [0.25, 0.3) is 0 Å². The zero-order valence-corrected chi connectivity index (χ0v) is 11.9. The van der Waals surface area contributed by atoms with Crippen LogP contribution in [0.4, 0.5) is 18.9 Å². The first-order valence-electron chi connectivity index (χ1n) is 5.76. The van der Waals surface area contributed by atoms with Crippen molar-refractivity contribution >= 4 is 33.5 Å². The van der Waals surface area contributed by atoms with Gasteiger partial charge >= 0.3 is 12.3 Å². The van der Waals surface area contributed by atoms with Crippen molar-refractivity contribution in [3.8, 4) is 5.75 Å². The molecular formula is C12H9BrF3NO4. The van der Waals surface area contributed by atoms with E-state index in [9.17, 15) is 22.8 Å². The number of carbonyl (C=O) groups is 2. The van der Waals surface area contributed by atoms with Crippen LogP contribution in [-0.4, -0.2) is 29.9 Å². The summed E-state index contributed by atoms with van der Waals surface area (Å²) >= 11 is 3.13. The molecule has 0 radical (unpaired) electrons. The number of amides is 1. The van der Waals surface area contributed by atoms with Crippen LogP contribution in [0.1, 0.15) is 6.42 Å². The summed E-state index contributed by atoms with van der Waals surface area (Å²) in [5, 5.41) is 8.91. The van der Waals surface area contributed by atoms with Crippen LogP contribution in [0, 0.1) is 5.92 Å². The second-order valence-corrected chi connectivity index (χ2v) is 5.26. The molecule has 0 spiro atoms. The Morgan fingerprint density at radius 2 is 2.10 bits per heavy atom. The highest BCUT2D eigenvalue weighted by Gasteiger charge is 2.36. The van der Waals surface area contributed by atoms with E-state index in [0.717, 1.165) is 17.0 Å². The molecule has 1 aliphatic rings. The normalized spacial score (nSPS) is 19.0. The molecule has 1 N–H and O–H groups in total.